The summed E-state index contributed by atoms with van der Waals surface area (Å²) < 4.78 is 2.21. The number of fused-ring (bicyclic) bond motifs is 1. The molecule has 0 fully saturated rings. The van der Waals surface area contributed by atoms with Crippen LogP contribution in [0.25, 0.3) is 11.0 Å². The third-order valence-corrected chi connectivity index (χ3v) is 5.51. The molecule has 6 heteroatoms. The molecule has 158 valence electrons. The molecular formula is C25H25ClN4O. The second kappa shape index (κ2) is 9.75. The fraction of sp³-hybridized carbons (Fsp3) is 0.240. The molecule has 1 amide bonds. The fourth-order valence-corrected chi connectivity index (χ4v) is 3.89. The number of pyridine rings is 1. The summed E-state index contributed by atoms with van der Waals surface area (Å²) in [6.07, 6.45) is 4.34. The van der Waals surface area contributed by atoms with Crippen LogP contribution < -0.4 is 5.32 Å². The standard InChI is InChI=1S/C25H25ClN4O/c1-2-3-15-30-23-13-12-19(26)17-21(23)28-24(30)22(16-18-9-5-4-6-10-18)29-25(31)20-11-7-8-14-27-20/h4-14,17,22H,2-3,15-16H2,1H3,(H,29,31). The van der Waals surface area contributed by atoms with Gasteiger partial charge in [0.05, 0.1) is 17.1 Å². The highest BCUT2D eigenvalue weighted by molar-refractivity contribution is 6.31. The van der Waals surface area contributed by atoms with E-state index in [0.29, 0.717) is 17.1 Å². The molecule has 0 bridgehead atoms. The van der Waals surface area contributed by atoms with Gasteiger partial charge in [-0.25, -0.2) is 4.98 Å². The van der Waals surface area contributed by atoms with Gasteiger partial charge in [0.1, 0.15) is 11.5 Å². The minimum atomic E-state index is -0.306. The highest BCUT2D eigenvalue weighted by Gasteiger charge is 2.23. The Morgan fingerprint density at radius 2 is 1.90 bits per heavy atom. The number of unbranched alkanes of at least 4 members (excludes halogenated alkanes) is 1. The topological polar surface area (TPSA) is 59.8 Å². The first-order chi connectivity index (χ1) is 15.2. The van der Waals surface area contributed by atoms with E-state index < -0.39 is 0 Å². The van der Waals surface area contributed by atoms with E-state index in [4.69, 9.17) is 16.6 Å². The molecule has 0 radical (unpaired) electrons. The smallest absolute Gasteiger partial charge is 0.270 e. The SMILES string of the molecule is CCCCn1c(C(Cc2ccccc2)NC(=O)c2ccccn2)nc2cc(Cl)ccc21. The monoisotopic (exact) mass is 432 g/mol. The zero-order valence-electron chi connectivity index (χ0n) is 17.5. The Hall–Kier alpha value is -3.18. The maximum atomic E-state index is 13.0. The number of hydrogen-bond acceptors (Lipinski definition) is 3. The van der Waals surface area contributed by atoms with Gasteiger partial charge in [0.15, 0.2) is 0 Å². The predicted octanol–water partition coefficient (Wildman–Crippen LogP) is 5.60. The van der Waals surface area contributed by atoms with Crippen molar-refractivity contribution in [1.82, 2.24) is 19.9 Å². The van der Waals surface area contributed by atoms with Crippen molar-refractivity contribution in [3.05, 3.63) is 95.0 Å². The molecule has 5 nitrogen and oxygen atoms in total. The average molecular weight is 433 g/mol. The van der Waals surface area contributed by atoms with Crippen LogP contribution in [0.5, 0.6) is 0 Å². The molecule has 0 aliphatic rings. The van der Waals surface area contributed by atoms with Gasteiger partial charge in [-0.2, -0.15) is 0 Å². The lowest BCUT2D eigenvalue weighted by Gasteiger charge is -2.20. The van der Waals surface area contributed by atoms with E-state index in [9.17, 15) is 4.79 Å². The number of hydrogen-bond donors (Lipinski definition) is 1. The second-order valence-electron chi connectivity index (χ2n) is 7.54. The van der Waals surface area contributed by atoms with Crippen molar-refractivity contribution in [3.8, 4) is 0 Å². The zero-order chi connectivity index (χ0) is 21.6. The molecule has 0 saturated carbocycles. The van der Waals surface area contributed by atoms with Gasteiger partial charge in [-0.3, -0.25) is 9.78 Å². The third-order valence-electron chi connectivity index (χ3n) is 5.27. The van der Waals surface area contributed by atoms with Gasteiger partial charge in [0.25, 0.3) is 5.91 Å². The number of amides is 1. The molecule has 1 N–H and O–H groups in total. The maximum Gasteiger partial charge on any atom is 0.270 e. The van der Waals surface area contributed by atoms with Crippen molar-refractivity contribution in [2.24, 2.45) is 0 Å². The van der Waals surface area contributed by atoms with E-state index in [1.54, 1.807) is 18.3 Å². The van der Waals surface area contributed by atoms with Crippen LogP contribution in [0.15, 0.2) is 72.9 Å². The summed E-state index contributed by atoms with van der Waals surface area (Å²) in [5.74, 6) is 0.618. The Kier molecular flexibility index (Phi) is 6.63. The molecule has 2 aromatic heterocycles. The number of aryl methyl sites for hydroxylation is 1. The molecule has 4 aromatic rings. The first-order valence-electron chi connectivity index (χ1n) is 10.6. The van der Waals surface area contributed by atoms with Crippen LogP contribution in [0.2, 0.25) is 5.02 Å². The van der Waals surface area contributed by atoms with Gasteiger partial charge < -0.3 is 9.88 Å². The molecule has 0 aliphatic carbocycles. The lowest BCUT2D eigenvalue weighted by atomic mass is 10.0. The first-order valence-corrected chi connectivity index (χ1v) is 10.9. The van der Waals surface area contributed by atoms with Crippen molar-refractivity contribution in [1.29, 1.82) is 0 Å². The molecule has 2 heterocycles. The summed E-state index contributed by atoms with van der Waals surface area (Å²) in [7, 11) is 0. The molecule has 4 rings (SSSR count). The Morgan fingerprint density at radius 3 is 2.65 bits per heavy atom. The normalized spacial score (nSPS) is 12.1. The number of benzene rings is 2. The number of nitrogens with one attached hydrogen (secondary N) is 1. The minimum absolute atomic E-state index is 0.214. The van der Waals surface area contributed by atoms with E-state index in [1.165, 1.54) is 0 Å². The number of carbonyl (C=O) groups is 1. The Bertz CT molecular complexity index is 1160. The molecule has 0 spiro atoms. The summed E-state index contributed by atoms with van der Waals surface area (Å²) >= 11 is 6.23. The van der Waals surface area contributed by atoms with Gasteiger partial charge in [0.2, 0.25) is 0 Å². The number of halogens is 1. The van der Waals surface area contributed by atoms with Crippen molar-refractivity contribution in [2.75, 3.05) is 0 Å². The van der Waals surface area contributed by atoms with Crippen LogP contribution in [-0.4, -0.2) is 20.4 Å². The van der Waals surface area contributed by atoms with Gasteiger partial charge >= 0.3 is 0 Å². The molecule has 2 aromatic carbocycles. The fourth-order valence-electron chi connectivity index (χ4n) is 3.72. The molecule has 1 atom stereocenters. The van der Waals surface area contributed by atoms with E-state index in [-0.39, 0.29) is 11.9 Å². The number of aromatic nitrogens is 3. The van der Waals surface area contributed by atoms with Crippen molar-refractivity contribution in [2.45, 2.75) is 38.8 Å². The zero-order valence-corrected chi connectivity index (χ0v) is 18.2. The largest absolute Gasteiger partial charge is 0.340 e. The lowest BCUT2D eigenvalue weighted by Crippen LogP contribution is -2.32. The summed E-state index contributed by atoms with van der Waals surface area (Å²) in [6.45, 7) is 2.99. The Morgan fingerprint density at radius 1 is 1.10 bits per heavy atom. The number of nitrogens with zero attached hydrogens (tertiary/aromatic N) is 3. The maximum absolute atomic E-state index is 13.0. The molecule has 0 saturated heterocycles. The van der Waals surface area contributed by atoms with Crippen LogP contribution in [0.3, 0.4) is 0 Å². The molecule has 31 heavy (non-hydrogen) atoms. The highest BCUT2D eigenvalue weighted by atomic mass is 35.5. The van der Waals surface area contributed by atoms with Crippen molar-refractivity contribution < 1.29 is 4.79 Å². The Balaban J connectivity index is 1.76. The summed E-state index contributed by atoms with van der Waals surface area (Å²) in [6, 6.07) is 20.9. The number of imidazole rings is 1. The third kappa shape index (κ3) is 4.94. The van der Waals surface area contributed by atoms with Crippen LogP contribution in [0, 0.1) is 0 Å². The summed E-state index contributed by atoms with van der Waals surface area (Å²) in [5.41, 5.74) is 3.38. The predicted molar refractivity (Wildman–Crippen MR) is 124 cm³/mol. The minimum Gasteiger partial charge on any atom is -0.340 e. The van der Waals surface area contributed by atoms with E-state index >= 15 is 0 Å². The molecular weight excluding hydrogens is 408 g/mol. The van der Waals surface area contributed by atoms with Gasteiger partial charge in [-0.15, -0.1) is 0 Å². The van der Waals surface area contributed by atoms with Crippen LogP contribution in [0.1, 0.15) is 47.7 Å². The lowest BCUT2D eigenvalue weighted by molar-refractivity contribution is 0.0929. The van der Waals surface area contributed by atoms with E-state index in [2.05, 4.69) is 33.9 Å². The molecule has 1 unspecified atom stereocenters. The van der Waals surface area contributed by atoms with Crippen LogP contribution in [-0.2, 0) is 13.0 Å². The van der Waals surface area contributed by atoms with Crippen molar-refractivity contribution >= 4 is 28.5 Å². The van der Waals surface area contributed by atoms with Crippen LogP contribution in [0.4, 0.5) is 0 Å². The highest BCUT2D eigenvalue weighted by Crippen LogP contribution is 2.26. The average Bonchev–Trinajstić information content (AvgIpc) is 3.15. The second-order valence-corrected chi connectivity index (χ2v) is 7.98. The number of carbonyl (C=O) groups excluding carboxylic acids is 1. The quantitative estimate of drug-likeness (QED) is 0.394. The molecule has 0 aliphatic heterocycles. The van der Waals surface area contributed by atoms with Crippen molar-refractivity contribution in [3.63, 3.8) is 0 Å². The number of rotatable bonds is 8. The van der Waals surface area contributed by atoms with Gasteiger partial charge in [0, 0.05) is 17.8 Å². The van der Waals surface area contributed by atoms with Crippen LogP contribution >= 0.6 is 11.6 Å². The van der Waals surface area contributed by atoms with Gasteiger partial charge in [-0.1, -0.05) is 61.3 Å². The summed E-state index contributed by atoms with van der Waals surface area (Å²) in [5, 5.41) is 3.82. The van der Waals surface area contributed by atoms with E-state index in [0.717, 1.165) is 41.8 Å². The Labute approximate surface area is 187 Å². The summed E-state index contributed by atoms with van der Waals surface area (Å²) in [4.78, 5) is 22.1. The first kappa shape index (κ1) is 21.1. The van der Waals surface area contributed by atoms with Gasteiger partial charge in [-0.05, 0) is 48.7 Å². The van der Waals surface area contributed by atoms with E-state index in [1.807, 2.05) is 42.5 Å².